The van der Waals surface area contributed by atoms with Crippen molar-refractivity contribution in [2.75, 3.05) is 0 Å². The van der Waals surface area contributed by atoms with Crippen LogP contribution in [0.15, 0.2) is 30.6 Å². The second-order valence-corrected chi connectivity index (χ2v) is 3.49. The third-order valence-electron chi connectivity index (χ3n) is 2.36. The summed E-state index contributed by atoms with van der Waals surface area (Å²) in [6, 6.07) is 5.97. The van der Waals surface area contributed by atoms with Crippen LogP contribution in [0.2, 0.25) is 0 Å². The van der Waals surface area contributed by atoms with Gasteiger partial charge in [-0.1, -0.05) is 6.07 Å². The Morgan fingerprint density at radius 3 is 2.73 bits per heavy atom. The van der Waals surface area contributed by atoms with Crippen LogP contribution in [0, 0.1) is 6.92 Å². The van der Waals surface area contributed by atoms with E-state index in [9.17, 15) is 0 Å². The molecule has 0 aliphatic rings. The number of hydrogen-bond donors (Lipinski definition) is 1. The zero-order valence-corrected chi connectivity index (χ0v) is 8.72. The molecule has 15 heavy (non-hydrogen) atoms. The van der Waals surface area contributed by atoms with Gasteiger partial charge in [0, 0.05) is 24.6 Å². The van der Waals surface area contributed by atoms with Crippen molar-refractivity contribution in [1.29, 1.82) is 0 Å². The smallest absolute Gasteiger partial charge is 0.0834 e. The van der Waals surface area contributed by atoms with Crippen molar-refractivity contribution < 1.29 is 0 Å². The Kier molecular flexibility index (Phi) is 2.78. The zero-order chi connectivity index (χ0) is 10.7. The number of aryl methyl sites for hydroxylation is 1. The maximum Gasteiger partial charge on any atom is 0.0834 e. The predicted molar refractivity (Wildman–Crippen MR) is 58.2 cm³/mol. The highest BCUT2D eigenvalue weighted by Crippen LogP contribution is 2.03. The van der Waals surface area contributed by atoms with Gasteiger partial charge in [0.1, 0.15) is 0 Å². The Morgan fingerprint density at radius 1 is 1.33 bits per heavy atom. The molecule has 0 bridgehead atoms. The SMILES string of the molecule is Cc1ccnn1Cc1ccc(CN)cn1. The summed E-state index contributed by atoms with van der Waals surface area (Å²) in [6.45, 7) is 3.28. The highest BCUT2D eigenvalue weighted by Gasteiger charge is 1.99. The summed E-state index contributed by atoms with van der Waals surface area (Å²) in [4.78, 5) is 4.32. The van der Waals surface area contributed by atoms with E-state index in [2.05, 4.69) is 10.1 Å². The van der Waals surface area contributed by atoms with E-state index in [0.717, 1.165) is 17.0 Å². The van der Waals surface area contributed by atoms with E-state index in [1.54, 1.807) is 6.20 Å². The summed E-state index contributed by atoms with van der Waals surface area (Å²) in [6.07, 6.45) is 3.61. The topological polar surface area (TPSA) is 56.7 Å². The minimum absolute atomic E-state index is 0.536. The molecule has 0 amide bonds. The molecule has 0 aromatic carbocycles. The van der Waals surface area contributed by atoms with Gasteiger partial charge in [0.25, 0.3) is 0 Å². The first-order valence-electron chi connectivity index (χ1n) is 4.92. The van der Waals surface area contributed by atoms with Crippen molar-refractivity contribution in [3.63, 3.8) is 0 Å². The molecule has 0 unspecified atom stereocenters. The average Bonchev–Trinajstić information content (AvgIpc) is 2.66. The Bertz CT molecular complexity index is 430. The summed E-state index contributed by atoms with van der Waals surface area (Å²) in [5, 5.41) is 4.21. The first kappa shape index (κ1) is 9.86. The molecule has 78 valence electrons. The van der Waals surface area contributed by atoms with E-state index < -0.39 is 0 Å². The molecule has 0 fully saturated rings. The molecule has 4 heteroatoms. The van der Waals surface area contributed by atoms with Gasteiger partial charge in [-0.2, -0.15) is 5.10 Å². The number of rotatable bonds is 3. The molecule has 4 nitrogen and oxygen atoms in total. The van der Waals surface area contributed by atoms with Crippen molar-refractivity contribution >= 4 is 0 Å². The fourth-order valence-electron chi connectivity index (χ4n) is 1.39. The number of hydrogen-bond acceptors (Lipinski definition) is 3. The first-order valence-corrected chi connectivity index (χ1v) is 4.92. The average molecular weight is 202 g/mol. The lowest BCUT2D eigenvalue weighted by Gasteiger charge is -2.04. The molecular formula is C11H14N4. The lowest BCUT2D eigenvalue weighted by atomic mass is 10.2. The van der Waals surface area contributed by atoms with Crippen LogP contribution >= 0.6 is 0 Å². The number of nitrogens with zero attached hydrogens (tertiary/aromatic N) is 3. The number of aromatic nitrogens is 3. The number of nitrogens with two attached hydrogens (primary N) is 1. The summed E-state index contributed by atoms with van der Waals surface area (Å²) >= 11 is 0. The molecule has 0 aliphatic carbocycles. The van der Waals surface area contributed by atoms with Gasteiger partial charge in [-0.25, -0.2) is 0 Å². The predicted octanol–water partition coefficient (Wildman–Crippen LogP) is 1.09. The van der Waals surface area contributed by atoms with E-state index in [1.807, 2.05) is 36.0 Å². The highest BCUT2D eigenvalue weighted by atomic mass is 15.3. The van der Waals surface area contributed by atoms with Gasteiger partial charge in [-0.15, -0.1) is 0 Å². The highest BCUT2D eigenvalue weighted by molar-refractivity contribution is 5.14. The third-order valence-corrected chi connectivity index (χ3v) is 2.36. The van der Waals surface area contributed by atoms with Crippen molar-refractivity contribution in [2.24, 2.45) is 5.73 Å². The molecule has 0 atom stereocenters. The monoisotopic (exact) mass is 202 g/mol. The number of pyridine rings is 1. The van der Waals surface area contributed by atoms with Crippen molar-refractivity contribution in [3.05, 3.63) is 47.5 Å². The maximum atomic E-state index is 5.50. The lowest BCUT2D eigenvalue weighted by molar-refractivity contribution is 0.652. The summed E-state index contributed by atoms with van der Waals surface area (Å²) in [5.74, 6) is 0. The summed E-state index contributed by atoms with van der Waals surface area (Å²) in [7, 11) is 0. The first-order chi connectivity index (χ1) is 7.29. The van der Waals surface area contributed by atoms with Crippen LogP contribution in [0.3, 0.4) is 0 Å². The minimum Gasteiger partial charge on any atom is -0.326 e. The largest absolute Gasteiger partial charge is 0.326 e. The van der Waals surface area contributed by atoms with Crippen LogP contribution in [0.5, 0.6) is 0 Å². The van der Waals surface area contributed by atoms with Crippen LogP contribution in [0.25, 0.3) is 0 Å². The molecule has 0 saturated carbocycles. The molecular weight excluding hydrogens is 188 g/mol. The van der Waals surface area contributed by atoms with E-state index in [4.69, 9.17) is 5.73 Å². The fourth-order valence-corrected chi connectivity index (χ4v) is 1.39. The van der Waals surface area contributed by atoms with Crippen molar-refractivity contribution in [1.82, 2.24) is 14.8 Å². The molecule has 2 aromatic rings. The minimum atomic E-state index is 0.536. The Balaban J connectivity index is 2.14. The van der Waals surface area contributed by atoms with E-state index in [0.29, 0.717) is 13.1 Å². The second-order valence-electron chi connectivity index (χ2n) is 3.49. The van der Waals surface area contributed by atoms with Gasteiger partial charge in [-0.3, -0.25) is 9.67 Å². The summed E-state index contributed by atoms with van der Waals surface area (Å²) < 4.78 is 1.92. The van der Waals surface area contributed by atoms with Gasteiger partial charge in [0.2, 0.25) is 0 Å². The molecule has 2 rings (SSSR count). The van der Waals surface area contributed by atoms with Gasteiger partial charge in [0.05, 0.1) is 12.2 Å². The van der Waals surface area contributed by atoms with E-state index in [1.165, 1.54) is 0 Å². The van der Waals surface area contributed by atoms with Crippen molar-refractivity contribution in [3.8, 4) is 0 Å². The van der Waals surface area contributed by atoms with Gasteiger partial charge >= 0.3 is 0 Å². The molecule has 0 saturated heterocycles. The molecule has 2 N–H and O–H groups in total. The molecule has 2 heterocycles. The third kappa shape index (κ3) is 2.22. The van der Waals surface area contributed by atoms with E-state index >= 15 is 0 Å². The van der Waals surface area contributed by atoms with Crippen LogP contribution in [-0.2, 0) is 13.1 Å². The van der Waals surface area contributed by atoms with Crippen LogP contribution in [0.1, 0.15) is 17.0 Å². The molecule has 2 aromatic heterocycles. The summed E-state index contributed by atoms with van der Waals surface area (Å²) in [5.41, 5.74) is 8.69. The standard InChI is InChI=1S/C11H14N4/c1-9-4-5-14-15(9)8-11-3-2-10(6-12)7-13-11/h2-5,7H,6,8,12H2,1H3. The molecule has 0 radical (unpaired) electrons. The molecule has 0 spiro atoms. The Morgan fingerprint density at radius 2 is 2.20 bits per heavy atom. The normalized spacial score (nSPS) is 10.5. The van der Waals surface area contributed by atoms with Gasteiger partial charge < -0.3 is 5.73 Å². The van der Waals surface area contributed by atoms with Gasteiger partial charge in [-0.05, 0) is 24.6 Å². The Hall–Kier alpha value is -1.68. The lowest BCUT2D eigenvalue weighted by Crippen LogP contribution is -2.06. The zero-order valence-electron chi connectivity index (χ0n) is 8.72. The fraction of sp³-hybridized carbons (Fsp3) is 0.273. The Labute approximate surface area is 88.8 Å². The van der Waals surface area contributed by atoms with Gasteiger partial charge in [0.15, 0.2) is 0 Å². The maximum absolute atomic E-state index is 5.50. The van der Waals surface area contributed by atoms with Crippen LogP contribution < -0.4 is 5.73 Å². The van der Waals surface area contributed by atoms with Crippen molar-refractivity contribution in [2.45, 2.75) is 20.0 Å². The quantitative estimate of drug-likeness (QED) is 0.810. The van der Waals surface area contributed by atoms with Crippen LogP contribution in [0.4, 0.5) is 0 Å². The molecule has 0 aliphatic heterocycles. The van der Waals surface area contributed by atoms with Crippen LogP contribution in [-0.4, -0.2) is 14.8 Å². The second kappa shape index (κ2) is 4.23. The van der Waals surface area contributed by atoms with E-state index in [-0.39, 0.29) is 0 Å².